The summed E-state index contributed by atoms with van der Waals surface area (Å²) in [6.45, 7) is 1.87. The number of nitrogens with zero attached hydrogens (tertiary/aromatic N) is 2. The second-order valence-corrected chi connectivity index (χ2v) is 5.09. The predicted molar refractivity (Wildman–Crippen MR) is 87.5 cm³/mol. The predicted octanol–water partition coefficient (Wildman–Crippen LogP) is 3.70. The van der Waals surface area contributed by atoms with Crippen molar-refractivity contribution < 1.29 is 9.72 Å². The molecule has 1 amide bonds. The van der Waals surface area contributed by atoms with Crippen LogP contribution in [0.25, 0.3) is 10.9 Å². The van der Waals surface area contributed by atoms with Gasteiger partial charge in [0.2, 0.25) is 0 Å². The van der Waals surface area contributed by atoms with Crippen LogP contribution >= 0.6 is 0 Å². The van der Waals surface area contributed by atoms with Crippen LogP contribution in [0.3, 0.4) is 0 Å². The van der Waals surface area contributed by atoms with Gasteiger partial charge in [0.25, 0.3) is 11.6 Å². The maximum Gasteiger partial charge on any atom is 0.270 e. The van der Waals surface area contributed by atoms with Crippen LogP contribution in [0.15, 0.2) is 54.6 Å². The fraction of sp³-hybridized carbons (Fsp3) is 0.0588. The third kappa shape index (κ3) is 3.01. The van der Waals surface area contributed by atoms with Crippen LogP contribution in [-0.4, -0.2) is 15.8 Å². The number of anilines is 1. The van der Waals surface area contributed by atoms with Gasteiger partial charge in [0, 0.05) is 28.8 Å². The number of nitrogens with one attached hydrogen (secondary N) is 1. The summed E-state index contributed by atoms with van der Waals surface area (Å²) in [5.74, 6) is -0.412. The van der Waals surface area contributed by atoms with E-state index in [2.05, 4.69) is 10.3 Å². The van der Waals surface area contributed by atoms with Crippen molar-refractivity contribution in [2.75, 3.05) is 5.32 Å². The first-order chi connectivity index (χ1) is 11.0. The van der Waals surface area contributed by atoms with Crippen molar-refractivity contribution >= 4 is 28.2 Å². The molecule has 0 saturated carbocycles. The molecule has 23 heavy (non-hydrogen) atoms. The van der Waals surface area contributed by atoms with Crippen LogP contribution < -0.4 is 5.32 Å². The number of nitro groups is 1. The Balaban J connectivity index is 1.96. The normalized spacial score (nSPS) is 10.5. The minimum absolute atomic E-state index is 0.121. The number of carbonyl (C=O) groups is 1. The lowest BCUT2D eigenvalue weighted by molar-refractivity contribution is -0.384. The molecular weight excluding hydrogens is 294 g/mol. The molecule has 0 fully saturated rings. The third-order valence-electron chi connectivity index (χ3n) is 3.43. The lowest BCUT2D eigenvalue weighted by Crippen LogP contribution is -2.12. The molecule has 0 saturated heterocycles. The number of aryl methyl sites for hydroxylation is 1. The summed E-state index contributed by atoms with van der Waals surface area (Å²) in [4.78, 5) is 27.1. The molecule has 1 heterocycles. The topological polar surface area (TPSA) is 85.1 Å². The van der Waals surface area contributed by atoms with Gasteiger partial charge in [-0.25, -0.2) is 0 Å². The highest BCUT2D eigenvalue weighted by Gasteiger charge is 2.13. The van der Waals surface area contributed by atoms with Gasteiger partial charge in [0.05, 0.1) is 16.1 Å². The Bertz CT molecular complexity index is 922. The quantitative estimate of drug-likeness (QED) is 0.590. The van der Waals surface area contributed by atoms with E-state index >= 15 is 0 Å². The van der Waals surface area contributed by atoms with E-state index in [1.165, 1.54) is 24.3 Å². The number of rotatable bonds is 3. The lowest BCUT2D eigenvalue weighted by Gasteiger charge is -2.08. The molecule has 0 atom stereocenters. The fourth-order valence-corrected chi connectivity index (χ4v) is 2.30. The summed E-state index contributed by atoms with van der Waals surface area (Å²) < 4.78 is 0. The highest BCUT2D eigenvalue weighted by atomic mass is 16.6. The Morgan fingerprint density at radius 3 is 2.70 bits per heavy atom. The second-order valence-electron chi connectivity index (χ2n) is 5.09. The zero-order chi connectivity index (χ0) is 16.4. The number of non-ortho nitro benzene ring substituents is 1. The molecule has 0 bridgehead atoms. The summed E-state index contributed by atoms with van der Waals surface area (Å²) in [6.07, 6.45) is 0. The SMILES string of the molecule is Cc1ccc2cccc(NC(=O)c3cccc([N+](=O)[O-])c3)c2n1. The number of amides is 1. The Morgan fingerprint density at radius 1 is 1.13 bits per heavy atom. The molecule has 6 heteroatoms. The van der Waals surface area contributed by atoms with E-state index in [0.29, 0.717) is 11.2 Å². The van der Waals surface area contributed by atoms with Crippen LogP contribution in [0.1, 0.15) is 16.1 Å². The number of fused-ring (bicyclic) bond motifs is 1. The molecule has 1 N–H and O–H groups in total. The Kier molecular flexibility index (Phi) is 3.72. The number of hydrogen-bond acceptors (Lipinski definition) is 4. The molecule has 0 aliphatic rings. The van der Waals surface area contributed by atoms with Crippen molar-refractivity contribution in [1.82, 2.24) is 4.98 Å². The second kappa shape index (κ2) is 5.84. The molecule has 114 valence electrons. The number of aromatic nitrogens is 1. The van der Waals surface area contributed by atoms with Gasteiger partial charge < -0.3 is 5.32 Å². The molecule has 3 aromatic rings. The van der Waals surface area contributed by atoms with Crippen molar-refractivity contribution in [2.24, 2.45) is 0 Å². The average molecular weight is 307 g/mol. The summed E-state index contributed by atoms with van der Waals surface area (Å²) in [6, 6.07) is 14.9. The Hall–Kier alpha value is -3.28. The number of hydrogen-bond donors (Lipinski definition) is 1. The highest BCUT2D eigenvalue weighted by Crippen LogP contribution is 2.23. The van der Waals surface area contributed by atoms with Gasteiger partial charge >= 0.3 is 0 Å². The molecule has 3 rings (SSSR count). The molecule has 0 aliphatic heterocycles. The first-order valence-corrected chi connectivity index (χ1v) is 6.97. The summed E-state index contributed by atoms with van der Waals surface area (Å²) in [5.41, 5.74) is 2.21. The highest BCUT2D eigenvalue weighted by molar-refractivity contribution is 6.08. The van der Waals surface area contributed by atoms with Gasteiger partial charge in [-0.3, -0.25) is 19.9 Å². The molecule has 0 unspecified atom stereocenters. The zero-order valence-corrected chi connectivity index (χ0v) is 12.3. The van der Waals surface area contributed by atoms with Crippen LogP contribution in [0.4, 0.5) is 11.4 Å². The van der Waals surface area contributed by atoms with Gasteiger partial charge in [-0.05, 0) is 25.1 Å². The molecule has 0 radical (unpaired) electrons. The number of para-hydroxylation sites is 1. The minimum atomic E-state index is -0.528. The smallest absolute Gasteiger partial charge is 0.270 e. The van der Waals surface area contributed by atoms with Crippen LogP contribution in [0.2, 0.25) is 0 Å². The number of nitro benzene ring substituents is 1. The average Bonchev–Trinajstić information content (AvgIpc) is 2.55. The molecule has 0 aliphatic carbocycles. The fourth-order valence-electron chi connectivity index (χ4n) is 2.30. The first-order valence-electron chi connectivity index (χ1n) is 6.97. The van der Waals surface area contributed by atoms with Crippen molar-refractivity contribution in [3.8, 4) is 0 Å². The van der Waals surface area contributed by atoms with Crippen LogP contribution in [0.5, 0.6) is 0 Å². The van der Waals surface area contributed by atoms with Gasteiger partial charge in [-0.1, -0.05) is 24.3 Å². The molecule has 6 nitrogen and oxygen atoms in total. The van der Waals surface area contributed by atoms with Crippen molar-refractivity contribution in [2.45, 2.75) is 6.92 Å². The third-order valence-corrected chi connectivity index (χ3v) is 3.43. The van der Waals surface area contributed by atoms with E-state index in [0.717, 1.165) is 11.1 Å². The molecule has 0 spiro atoms. The standard InChI is InChI=1S/C17H13N3O3/c1-11-8-9-12-4-3-7-15(16(12)18-11)19-17(21)13-5-2-6-14(10-13)20(22)23/h2-10H,1H3,(H,19,21). The number of benzene rings is 2. The van der Waals surface area contributed by atoms with Crippen molar-refractivity contribution in [3.63, 3.8) is 0 Å². The van der Waals surface area contributed by atoms with Crippen molar-refractivity contribution in [1.29, 1.82) is 0 Å². The van der Waals surface area contributed by atoms with E-state index in [1.807, 2.05) is 31.2 Å². The largest absolute Gasteiger partial charge is 0.320 e. The molecule has 2 aromatic carbocycles. The van der Waals surface area contributed by atoms with Gasteiger partial charge in [-0.2, -0.15) is 0 Å². The maximum absolute atomic E-state index is 12.4. The van der Waals surface area contributed by atoms with Crippen LogP contribution in [-0.2, 0) is 0 Å². The molecular formula is C17H13N3O3. The first kappa shape index (κ1) is 14.6. The van der Waals surface area contributed by atoms with E-state index in [9.17, 15) is 14.9 Å². The van der Waals surface area contributed by atoms with Crippen LogP contribution in [0, 0.1) is 17.0 Å². The van der Waals surface area contributed by atoms with E-state index in [1.54, 1.807) is 6.07 Å². The summed E-state index contributed by atoms with van der Waals surface area (Å²) in [5, 5.41) is 14.5. The monoisotopic (exact) mass is 307 g/mol. The zero-order valence-electron chi connectivity index (χ0n) is 12.3. The number of pyridine rings is 1. The van der Waals surface area contributed by atoms with E-state index < -0.39 is 10.8 Å². The lowest BCUT2D eigenvalue weighted by atomic mass is 10.1. The summed E-state index contributed by atoms with van der Waals surface area (Å²) >= 11 is 0. The molecule has 1 aromatic heterocycles. The maximum atomic E-state index is 12.4. The van der Waals surface area contributed by atoms with Crippen molar-refractivity contribution in [3.05, 3.63) is 76.0 Å². The summed E-state index contributed by atoms with van der Waals surface area (Å²) in [7, 11) is 0. The van der Waals surface area contributed by atoms with E-state index in [-0.39, 0.29) is 11.3 Å². The number of carbonyl (C=O) groups excluding carboxylic acids is 1. The van der Waals surface area contributed by atoms with Gasteiger partial charge in [-0.15, -0.1) is 0 Å². The Labute approximate surface area is 131 Å². The Morgan fingerprint density at radius 2 is 1.91 bits per heavy atom. The van der Waals surface area contributed by atoms with E-state index in [4.69, 9.17) is 0 Å². The van der Waals surface area contributed by atoms with Gasteiger partial charge in [0.1, 0.15) is 0 Å². The minimum Gasteiger partial charge on any atom is -0.320 e. The van der Waals surface area contributed by atoms with Gasteiger partial charge in [0.15, 0.2) is 0 Å².